The van der Waals surface area contributed by atoms with E-state index in [4.69, 9.17) is 19.4 Å². The van der Waals surface area contributed by atoms with E-state index in [2.05, 4.69) is 10.1 Å². The van der Waals surface area contributed by atoms with Crippen molar-refractivity contribution in [2.45, 2.75) is 44.2 Å². The maximum absolute atomic E-state index is 12.9. The van der Waals surface area contributed by atoms with Gasteiger partial charge in [0.15, 0.2) is 0 Å². The van der Waals surface area contributed by atoms with Crippen molar-refractivity contribution < 1.29 is 37.3 Å². The maximum Gasteiger partial charge on any atom is 0.490 e. The third-order valence-electron chi connectivity index (χ3n) is 5.29. The van der Waals surface area contributed by atoms with Gasteiger partial charge in [-0.3, -0.25) is 14.5 Å². The zero-order valence-corrected chi connectivity index (χ0v) is 18.0. The van der Waals surface area contributed by atoms with E-state index >= 15 is 0 Å². The van der Waals surface area contributed by atoms with Gasteiger partial charge >= 0.3 is 12.1 Å². The van der Waals surface area contributed by atoms with Gasteiger partial charge < -0.3 is 19.5 Å². The number of carboxylic acid groups (broad SMARTS) is 1. The van der Waals surface area contributed by atoms with E-state index in [0.717, 1.165) is 24.9 Å². The first-order valence-corrected chi connectivity index (χ1v) is 10.3. The Kier molecular flexibility index (Phi) is 7.69. The van der Waals surface area contributed by atoms with Crippen molar-refractivity contribution in [1.29, 1.82) is 0 Å². The SMILES string of the molecule is Cc1cncc(C(=O)N2CCOCC3(CCC(Cn4cccn4)O3)C2)c1.O=C(O)C(F)(F)F. The zero-order chi connectivity index (χ0) is 24.1. The van der Waals surface area contributed by atoms with Crippen molar-refractivity contribution in [2.24, 2.45) is 0 Å². The summed E-state index contributed by atoms with van der Waals surface area (Å²) in [6.45, 7) is 4.84. The van der Waals surface area contributed by atoms with E-state index < -0.39 is 17.7 Å². The Morgan fingerprint density at radius 3 is 2.73 bits per heavy atom. The van der Waals surface area contributed by atoms with Gasteiger partial charge in [0.25, 0.3) is 5.91 Å². The number of carbonyl (C=O) groups excluding carboxylic acids is 1. The monoisotopic (exact) mass is 470 g/mol. The Balaban J connectivity index is 0.000000383. The van der Waals surface area contributed by atoms with Crippen LogP contribution in [-0.2, 0) is 20.8 Å². The van der Waals surface area contributed by atoms with Crippen molar-refractivity contribution in [3.05, 3.63) is 48.0 Å². The van der Waals surface area contributed by atoms with Crippen LogP contribution in [0.25, 0.3) is 0 Å². The second kappa shape index (κ2) is 10.3. The number of carbonyl (C=O) groups is 2. The molecular weight excluding hydrogens is 445 g/mol. The van der Waals surface area contributed by atoms with Gasteiger partial charge in [-0.25, -0.2) is 4.79 Å². The topological polar surface area (TPSA) is 107 Å². The van der Waals surface area contributed by atoms with E-state index in [1.807, 2.05) is 34.8 Å². The average molecular weight is 470 g/mol. The standard InChI is InChI=1S/C19H24N4O3.C2HF3O2/c1-15-9-16(11-20-10-15)18(24)22-7-8-25-14-19(13-22)4-3-17(26-19)12-23-6-2-5-21-23;3-2(4,5)1(6)7/h2,5-6,9-11,17H,3-4,7-8,12-14H2,1H3;(H,6,7). The van der Waals surface area contributed by atoms with Gasteiger partial charge in [0.1, 0.15) is 5.60 Å². The van der Waals surface area contributed by atoms with Gasteiger partial charge in [-0.15, -0.1) is 0 Å². The fourth-order valence-electron chi connectivity index (χ4n) is 3.80. The molecule has 1 spiro atoms. The van der Waals surface area contributed by atoms with Crippen LogP contribution in [0.1, 0.15) is 28.8 Å². The minimum atomic E-state index is -5.08. The molecule has 12 heteroatoms. The molecule has 0 aliphatic carbocycles. The molecule has 2 unspecified atom stereocenters. The first-order chi connectivity index (χ1) is 15.6. The highest BCUT2D eigenvalue weighted by Crippen LogP contribution is 2.34. The number of hydrogen-bond acceptors (Lipinski definition) is 6. The minimum Gasteiger partial charge on any atom is -0.475 e. The largest absolute Gasteiger partial charge is 0.490 e. The van der Waals surface area contributed by atoms with Crippen molar-refractivity contribution in [1.82, 2.24) is 19.7 Å². The number of halogens is 3. The molecule has 33 heavy (non-hydrogen) atoms. The molecule has 2 saturated heterocycles. The van der Waals surface area contributed by atoms with E-state index in [1.54, 1.807) is 18.6 Å². The molecule has 2 aliphatic rings. The Hall–Kier alpha value is -2.99. The van der Waals surface area contributed by atoms with Crippen LogP contribution < -0.4 is 0 Å². The van der Waals surface area contributed by atoms with Crippen LogP contribution in [0.4, 0.5) is 13.2 Å². The lowest BCUT2D eigenvalue weighted by Gasteiger charge is -2.32. The Morgan fingerprint density at radius 1 is 1.33 bits per heavy atom. The molecular formula is C21H25F3N4O5. The molecule has 2 fully saturated rings. The second-order valence-electron chi connectivity index (χ2n) is 8.02. The molecule has 9 nitrogen and oxygen atoms in total. The molecule has 2 atom stereocenters. The molecule has 4 rings (SSSR count). The lowest BCUT2D eigenvalue weighted by molar-refractivity contribution is -0.192. The molecule has 1 N–H and O–H groups in total. The fourth-order valence-corrected chi connectivity index (χ4v) is 3.80. The Morgan fingerprint density at radius 2 is 2.09 bits per heavy atom. The number of alkyl halides is 3. The zero-order valence-electron chi connectivity index (χ0n) is 18.0. The number of aryl methyl sites for hydroxylation is 1. The van der Waals surface area contributed by atoms with Crippen molar-refractivity contribution >= 4 is 11.9 Å². The minimum absolute atomic E-state index is 0.00907. The van der Waals surface area contributed by atoms with E-state index in [-0.39, 0.29) is 12.0 Å². The van der Waals surface area contributed by atoms with Crippen LogP contribution in [-0.4, -0.2) is 80.8 Å². The van der Waals surface area contributed by atoms with Gasteiger partial charge in [0.2, 0.25) is 0 Å². The summed E-state index contributed by atoms with van der Waals surface area (Å²) >= 11 is 0. The van der Waals surface area contributed by atoms with Crippen LogP contribution in [0.5, 0.6) is 0 Å². The normalized spacial score (nSPS) is 23.0. The lowest BCUT2D eigenvalue weighted by atomic mass is 9.99. The summed E-state index contributed by atoms with van der Waals surface area (Å²) in [7, 11) is 0. The molecule has 0 saturated carbocycles. The molecule has 0 aromatic carbocycles. The number of ether oxygens (including phenoxy) is 2. The molecule has 0 bridgehead atoms. The van der Waals surface area contributed by atoms with Crippen molar-refractivity contribution in [3.63, 3.8) is 0 Å². The van der Waals surface area contributed by atoms with Crippen molar-refractivity contribution in [2.75, 3.05) is 26.3 Å². The third-order valence-corrected chi connectivity index (χ3v) is 5.29. The van der Waals surface area contributed by atoms with Gasteiger partial charge in [0, 0.05) is 31.3 Å². The van der Waals surface area contributed by atoms with Crippen LogP contribution in [0.3, 0.4) is 0 Å². The summed E-state index contributed by atoms with van der Waals surface area (Å²) in [5.41, 5.74) is 1.17. The van der Waals surface area contributed by atoms with Crippen LogP contribution in [0.15, 0.2) is 36.9 Å². The highest BCUT2D eigenvalue weighted by Gasteiger charge is 2.44. The molecule has 0 radical (unpaired) electrons. The highest BCUT2D eigenvalue weighted by atomic mass is 19.4. The number of rotatable bonds is 3. The molecule has 180 valence electrons. The highest BCUT2D eigenvalue weighted by molar-refractivity contribution is 5.94. The predicted molar refractivity (Wildman–Crippen MR) is 108 cm³/mol. The Bertz CT molecular complexity index is 954. The van der Waals surface area contributed by atoms with Gasteiger partial charge in [-0.2, -0.15) is 18.3 Å². The van der Waals surface area contributed by atoms with Crippen molar-refractivity contribution in [3.8, 4) is 0 Å². The fraction of sp³-hybridized carbons (Fsp3) is 0.524. The summed E-state index contributed by atoms with van der Waals surface area (Å²) in [5.74, 6) is -2.77. The first kappa shape index (κ1) is 24.6. The third kappa shape index (κ3) is 6.75. The van der Waals surface area contributed by atoms with E-state index in [0.29, 0.717) is 31.9 Å². The molecule has 2 aliphatic heterocycles. The second-order valence-corrected chi connectivity index (χ2v) is 8.02. The summed E-state index contributed by atoms with van der Waals surface area (Å²) in [5, 5.41) is 11.4. The summed E-state index contributed by atoms with van der Waals surface area (Å²) in [6, 6.07) is 3.79. The van der Waals surface area contributed by atoms with E-state index in [1.165, 1.54) is 0 Å². The van der Waals surface area contributed by atoms with Gasteiger partial charge in [0.05, 0.1) is 38.0 Å². The molecule has 4 heterocycles. The number of amides is 1. The number of hydrogen-bond donors (Lipinski definition) is 1. The van der Waals surface area contributed by atoms with Crippen LogP contribution >= 0.6 is 0 Å². The molecule has 1 amide bonds. The predicted octanol–water partition coefficient (Wildman–Crippen LogP) is 2.31. The maximum atomic E-state index is 12.9. The quantitative estimate of drug-likeness (QED) is 0.734. The number of nitrogens with zero attached hydrogens (tertiary/aromatic N) is 4. The number of pyridine rings is 1. The smallest absolute Gasteiger partial charge is 0.475 e. The molecule has 2 aromatic heterocycles. The Labute approximate surface area is 188 Å². The van der Waals surface area contributed by atoms with Crippen LogP contribution in [0.2, 0.25) is 0 Å². The summed E-state index contributed by atoms with van der Waals surface area (Å²) in [4.78, 5) is 27.8. The first-order valence-electron chi connectivity index (χ1n) is 10.3. The lowest BCUT2D eigenvalue weighted by Crippen LogP contribution is -2.46. The van der Waals surface area contributed by atoms with Crippen LogP contribution in [0, 0.1) is 6.92 Å². The van der Waals surface area contributed by atoms with Gasteiger partial charge in [-0.05, 0) is 37.5 Å². The number of aliphatic carboxylic acids is 1. The summed E-state index contributed by atoms with van der Waals surface area (Å²) in [6.07, 6.45) is 3.93. The number of aromatic nitrogens is 3. The summed E-state index contributed by atoms with van der Waals surface area (Å²) < 4.78 is 45.8. The molecule has 2 aromatic rings. The van der Waals surface area contributed by atoms with Gasteiger partial charge in [-0.1, -0.05) is 0 Å². The van der Waals surface area contributed by atoms with E-state index in [9.17, 15) is 18.0 Å². The average Bonchev–Trinajstić information content (AvgIpc) is 3.34. The number of carboxylic acids is 1.